The Kier molecular flexibility index (Phi) is 9.08. The fraction of sp³-hybridized carbons (Fsp3) is 0.438. The molecule has 42 heavy (non-hydrogen) atoms. The molecule has 1 aromatic carbocycles. The van der Waals surface area contributed by atoms with Gasteiger partial charge in [0.2, 0.25) is 5.91 Å². The number of nitrogens with one attached hydrogen (secondary N) is 2. The molecule has 0 aliphatic carbocycles. The average Bonchev–Trinajstić information content (AvgIpc) is 3.35. The minimum atomic E-state index is -1.02. The number of carbonyl (C=O) groups is 3. The zero-order chi connectivity index (χ0) is 30.8. The van der Waals surface area contributed by atoms with Gasteiger partial charge in [0.05, 0.1) is 5.56 Å². The second-order valence-electron chi connectivity index (χ2n) is 12.6. The van der Waals surface area contributed by atoms with E-state index in [1.165, 1.54) is 11.3 Å². The van der Waals surface area contributed by atoms with Gasteiger partial charge in [0, 0.05) is 54.7 Å². The van der Waals surface area contributed by atoms with Gasteiger partial charge in [0.25, 0.3) is 5.91 Å². The van der Waals surface area contributed by atoms with Gasteiger partial charge in [-0.05, 0) is 75.7 Å². The van der Waals surface area contributed by atoms with Crippen molar-refractivity contribution in [3.63, 3.8) is 0 Å². The summed E-state index contributed by atoms with van der Waals surface area (Å²) in [4.78, 5) is 51.4. The number of benzene rings is 1. The molecule has 10 heteroatoms. The Morgan fingerprint density at radius 1 is 1.10 bits per heavy atom. The topological polar surface area (TPSA) is 97.9 Å². The Hall–Kier alpha value is -3.76. The smallest absolute Gasteiger partial charge is 0.324 e. The van der Waals surface area contributed by atoms with Crippen LogP contribution in [0.5, 0.6) is 0 Å². The minimum absolute atomic E-state index is 0.0775. The van der Waals surface area contributed by atoms with E-state index in [4.69, 9.17) is 0 Å². The van der Waals surface area contributed by atoms with Gasteiger partial charge in [0.15, 0.2) is 0 Å². The summed E-state index contributed by atoms with van der Waals surface area (Å²) in [5.41, 5.74) is 2.75. The van der Waals surface area contributed by atoms with Gasteiger partial charge in [-0.3, -0.25) is 19.9 Å². The van der Waals surface area contributed by atoms with Crippen molar-refractivity contribution in [2.75, 3.05) is 50.9 Å². The summed E-state index contributed by atoms with van der Waals surface area (Å²) in [6, 6.07) is 11.0. The van der Waals surface area contributed by atoms with Crippen LogP contribution in [0.1, 0.15) is 55.4 Å². The molecule has 0 bridgehead atoms. The molecule has 4 amide bonds. The fourth-order valence-electron chi connectivity index (χ4n) is 4.95. The molecule has 0 saturated carbocycles. The molecule has 0 atom stereocenters. The molecule has 1 aliphatic rings. The highest BCUT2D eigenvalue weighted by atomic mass is 32.1. The third-order valence-corrected chi connectivity index (χ3v) is 9.01. The summed E-state index contributed by atoms with van der Waals surface area (Å²) in [5, 5.41) is 6.31. The van der Waals surface area contributed by atoms with E-state index >= 15 is 0 Å². The van der Waals surface area contributed by atoms with Gasteiger partial charge in [-0.2, -0.15) is 0 Å². The lowest BCUT2D eigenvalue weighted by Crippen LogP contribution is -2.65. The second kappa shape index (κ2) is 12.2. The third-order valence-electron chi connectivity index (χ3n) is 7.54. The molecule has 0 radical (unpaired) electrons. The second-order valence-corrected chi connectivity index (χ2v) is 13.6. The number of anilines is 2. The summed E-state index contributed by atoms with van der Waals surface area (Å²) in [7, 11) is 3.95. The van der Waals surface area contributed by atoms with Crippen LogP contribution in [0.2, 0.25) is 0 Å². The van der Waals surface area contributed by atoms with E-state index in [2.05, 4.69) is 36.4 Å². The van der Waals surface area contributed by atoms with Crippen LogP contribution in [0, 0.1) is 6.92 Å². The third kappa shape index (κ3) is 6.82. The summed E-state index contributed by atoms with van der Waals surface area (Å²) < 4.78 is 0. The van der Waals surface area contributed by atoms with Crippen molar-refractivity contribution in [1.29, 1.82) is 0 Å². The first kappa shape index (κ1) is 31.2. The quantitative estimate of drug-likeness (QED) is 0.369. The zero-order valence-corrected chi connectivity index (χ0v) is 26.7. The Morgan fingerprint density at radius 2 is 1.83 bits per heavy atom. The number of carbonyl (C=O) groups excluding carboxylic acids is 3. The lowest BCUT2D eigenvalue weighted by atomic mass is 9.93. The number of rotatable bonds is 7. The number of likely N-dealkylation sites (N-methyl/N-ethyl adjacent to an activating group) is 1. The van der Waals surface area contributed by atoms with Crippen molar-refractivity contribution in [1.82, 2.24) is 19.7 Å². The first-order chi connectivity index (χ1) is 19.7. The largest absolute Gasteiger partial charge is 0.338 e. The highest BCUT2D eigenvalue weighted by Gasteiger charge is 2.45. The Labute approximate surface area is 252 Å². The molecule has 1 fully saturated rings. The van der Waals surface area contributed by atoms with E-state index in [0.29, 0.717) is 35.9 Å². The van der Waals surface area contributed by atoms with Gasteiger partial charge in [0.1, 0.15) is 10.5 Å². The summed E-state index contributed by atoms with van der Waals surface area (Å²) in [6.07, 6.45) is 3.51. The number of piperazine rings is 1. The van der Waals surface area contributed by atoms with Crippen LogP contribution in [0.25, 0.3) is 11.1 Å². The molecule has 2 aromatic heterocycles. The Balaban J connectivity index is 1.57. The first-order valence-corrected chi connectivity index (χ1v) is 15.0. The highest BCUT2D eigenvalue weighted by molar-refractivity contribution is 7.16. The number of hydrogen-bond acceptors (Lipinski definition) is 6. The van der Waals surface area contributed by atoms with Crippen LogP contribution in [0.3, 0.4) is 0 Å². The van der Waals surface area contributed by atoms with Crippen LogP contribution in [0.15, 0.2) is 48.8 Å². The van der Waals surface area contributed by atoms with E-state index in [1.807, 2.05) is 67.2 Å². The van der Waals surface area contributed by atoms with Crippen molar-refractivity contribution in [3.05, 3.63) is 64.8 Å². The van der Waals surface area contributed by atoms with Gasteiger partial charge in [-0.25, -0.2) is 4.79 Å². The lowest BCUT2D eigenvalue weighted by molar-refractivity contribution is -0.146. The minimum Gasteiger partial charge on any atom is -0.338 e. The van der Waals surface area contributed by atoms with Crippen LogP contribution in [-0.2, 0) is 10.2 Å². The predicted molar refractivity (Wildman–Crippen MR) is 170 cm³/mol. The van der Waals surface area contributed by atoms with Crippen LogP contribution in [0.4, 0.5) is 15.5 Å². The normalized spacial score (nSPS) is 15.2. The predicted octanol–water partition coefficient (Wildman–Crippen LogP) is 5.68. The number of amides is 4. The van der Waals surface area contributed by atoms with Gasteiger partial charge >= 0.3 is 6.03 Å². The Morgan fingerprint density at radius 3 is 2.48 bits per heavy atom. The number of pyridine rings is 1. The Bertz CT molecular complexity index is 1460. The van der Waals surface area contributed by atoms with E-state index < -0.39 is 11.6 Å². The molecule has 3 heterocycles. The lowest BCUT2D eigenvalue weighted by Gasteiger charge is -2.46. The fourth-order valence-corrected chi connectivity index (χ4v) is 6.05. The van der Waals surface area contributed by atoms with Crippen molar-refractivity contribution in [2.45, 2.75) is 52.5 Å². The van der Waals surface area contributed by atoms with E-state index in [0.717, 1.165) is 28.1 Å². The zero-order valence-electron chi connectivity index (χ0n) is 25.9. The molecule has 2 N–H and O–H groups in total. The number of urea groups is 1. The molecular formula is C32H42N6O3S. The van der Waals surface area contributed by atoms with Crippen LogP contribution in [-0.4, -0.2) is 83.3 Å². The number of nitrogens with zero attached hydrogens (tertiary/aromatic N) is 4. The van der Waals surface area contributed by atoms with E-state index in [1.54, 1.807) is 31.1 Å². The molecule has 1 aliphatic heterocycles. The molecule has 1 saturated heterocycles. The number of thiophene rings is 1. The number of aryl methyl sites for hydroxylation is 1. The average molecular weight is 591 g/mol. The first-order valence-electron chi connectivity index (χ1n) is 14.2. The van der Waals surface area contributed by atoms with Crippen molar-refractivity contribution in [2.24, 2.45) is 0 Å². The van der Waals surface area contributed by atoms with Crippen molar-refractivity contribution in [3.8, 4) is 11.1 Å². The number of hydrogen-bond donors (Lipinski definition) is 2. The van der Waals surface area contributed by atoms with E-state index in [-0.39, 0.29) is 17.2 Å². The monoisotopic (exact) mass is 590 g/mol. The van der Waals surface area contributed by atoms with Gasteiger partial charge in [-0.15, -0.1) is 11.3 Å². The molecule has 9 nitrogen and oxygen atoms in total. The van der Waals surface area contributed by atoms with Crippen LogP contribution >= 0.6 is 11.3 Å². The van der Waals surface area contributed by atoms with Crippen molar-refractivity contribution < 1.29 is 14.4 Å². The summed E-state index contributed by atoms with van der Waals surface area (Å²) in [5.74, 6) is -0.344. The standard InChI is InChI=1S/C32H42N6O3S/c1-21-11-12-23(18-24(21)22-10-9-13-33-20-22)34-30(41)35-27-25(19-26(42-27)31(2,3)4)28(39)38-17-16-37(15-14-36(7)8)29(40)32(38,5)6/h9-13,18-20H,14-17H2,1-8H3,(H2,34,35,41). The summed E-state index contributed by atoms with van der Waals surface area (Å²) in [6.45, 7) is 14.1. The molecule has 3 aromatic rings. The molecule has 0 unspecified atom stereocenters. The summed E-state index contributed by atoms with van der Waals surface area (Å²) >= 11 is 1.38. The molecule has 224 valence electrons. The van der Waals surface area contributed by atoms with E-state index in [9.17, 15) is 14.4 Å². The van der Waals surface area contributed by atoms with Crippen LogP contribution < -0.4 is 10.6 Å². The molecule has 0 spiro atoms. The highest BCUT2D eigenvalue weighted by Crippen LogP contribution is 2.38. The van der Waals surface area contributed by atoms with Crippen molar-refractivity contribution >= 4 is 39.9 Å². The van der Waals surface area contributed by atoms with Gasteiger partial charge in [-0.1, -0.05) is 32.9 Å². The maximum Gasteiger partial charge on any atom is 0.324 e. The maximum atomic E-state index is 14.0. The number of aromatic nitrogens is 1. The molecular weight excluding hydrogens is 548 g/mol. The maximum absolute atomic E-state index is 14.0. The molecule has 4 rings (SSSR count). The van der Waals surface area contributed by atoms with Gasteiger partial charge < -0.3 is 20.0 Å². The SMILES string of the molecule is Cc1ccc(NC(=O)Nc2sc(C(C)(C)C)cc2C(=O)N2CCN(CCN(C)C)C(=O)C2(C)C)cc1-c1cccnc1.